The van der Waals surface area contributed by atoms with Crippen LogP contribution < -0.4 is 16.0 Å². The molecule has 13 heteroatoms. The second-order valence-corrected chi connectivity index (χ2v) is 11.6. The molecule has 0 spiro atoms. The zero-order valence-electron chi connectivity index (χ0n) is 22.3. The molecular formula is C26H33N4O8P. The van der Waals surface area contributed by atoms with Crippen molar-refractivity contribution in [3.05, 3.63) is 34.1 Å². The van der Waals surface area contributed by atoms with Crippen molar-refractivity contribution in [2.45, 2.75) is 24.5 Å². The average molecular weight is 561 g/mol. The van der Waals surface area contributed by atoms with Crippen LogP contribution in [0.2, 0.25) is 0 Å². The van der Waals surface area contributed by atoms with Crippen LogP contribution in [0.25, 0.3) is 5.76 Å². The number of ketones is 2. The number of nitrogens with zero attached hydrogens (tertiary/aromatic N) is 2. The number of hydrogen-bond acceptors (Lipinski definition) is 10. The molecule has 1 fully saturated rings. The fourth-order valence-electron chi connectivity index (χ4n) is 6.14. The second-order valence-electron chi connectivity index (χ2n) is 10.6. The van der Waals surface area contributed by atoms with Gasteiger partial charge in [-0.15, -0.1) is 8.58 Å². The Morgan fingerprint density at radius 2 is 1.82 bits per heavy atom. The lowest BCUT2D eigenvalue weighted by Gasteiger charge is -2.50. The lowest BCUT2D eigenvalue weighted by molar-refractivity contribution is -0.153. The van der Waals surface area contributed by atoms with Gasteiger partial charge in [-0.1, -0.05) is 0 Å². The number of likely N-dealkylation sites (N-methyl/N-ethyl adjacent to an activating group) is 1. The highest BCUT2D eigenvalue weighted by molar-refractivity contribution is 7.38. The van der Waals surface area contributed by atoms with Crippen molar-refractivity contribution in [1.29, 1.82) is 0 Å². The van der Waals surface area contributed by atoms with E-state index in [9.17, 15) is 39.6 Å². The number of rotatable bonds is 6. The molecule has 0 bridgehead atoms. The van der Waals surface area contributed by atoms with Crippen molar-refractivity contribution >= 4 is 49.1 Å². The van der Waals surface area contributed by atoms with E-state index in [2.05, 4.69) is 5.32 Å². The lowest BCUT2D eigenvalue weighted by Crippen LogP contribution is -2.65. The zero-order valence-corrected chi connectivity index (χ0v) is 23.3. The molecule has 0 heterocycles. The quantitative estimate of drug-likeness (QED) is 0.160. The zero-order chi connectivity index (χ0) is 29.1. The maximum atomic E-state index is 14.0. The van der Waals surface area contributed by atoms with Crippen molar-refractivity contribution in [3.8, 4) is 5.75 Å². The number of Topliss-reactive ketones (excluding diaryl/α,β-unsaturated/α-hetero) is 2. The van der Waals surface area contributed by atoms with E-state index in [1.807, 2.05) is 6.66 Å². The first-order valence-corrected chi connectivity index (χ1v) is 14.0. The topological polar surface area (TPSA) is 194 Å². The number of primary amides is 1. The van der Waals surface area contributed by atoms with E-state index in [-0.39, 0.29) is 41.7 Å². The summed E-state index contributed by atoms with van der Waals surface area (Å²) in [4.78, 5) is 54.8. The van der Waals surface area contributed by atoms with Crippen molar-refractivity contribution in [3.63, 3.8) is 0 Å². The first-order chi connectivity index (χ1) is 18.2. The SMILES string of the molecule is CPCC(=O)Nc1cc(N(C)C)c2c(c1O)C(O)=C1C(=O)[C@]3(O)C(O)=C(C(N)=O)C(=O)[C@@H](N(C)C)C3CC1C2. The van der Waals surface area contributed by atoms with Crippen LogP contribution in [0.4, 0.5) is 11.4 Å². The molecule has 1 aromatic rings. The van der Waals surface area contributed by atoms with Gasteiger partial charge in [0.1, 0.15) is 22.8 Å². The molecule has 3 aliphatic carbocycles. The first kappa shape index (κ1) is 28.5. The number of nitrogens with one attached hydrogen (secondary N) is 1. The number of phenolic OH excluding ortho intramolecular Hbond substituents is 1. The molecule has 0 saturated heterocycles. The number of aliphatic hydroxyl groups excluding tert-OH is 2. The molecule has 0 aliphatic heterocycles. The summed E-state index contributed by atoms with van der Waals surface area (Å²) in [5.74, 6) is -7.56. The molecule has 39 heavy (non-hydrogen) atoms. The second kappa shape index (κ2) is 9.93. The maximum absolute atomic E-state index is 14.0. The average Bonchev–Trinajstić information content (AvgIpc) is 2.82. The number of nitrogens with two attached hydrogens (primary N) is 1. The Balaban J connectivity index is 1.97. The Bertz CT molecular complexity index is 1370. The highest BCUT2D eigenvalue weighted by Gasteiger charge is 2.64. The normalized spacial score (nSPS) is 26.6. The standard InChI is InChI=1S/C26H33N4O8P/c1-29(2)14-8-13(28-15(31)9-39-5)20(32)17-11(14)6-10-7-12-19(30(3)4)22(34)18(25(27)37)24(36)26(12,38)23(35)16(10)21(17)33/h8,10,12,19,32-33,36,38-39H,6-7,9H2,1-5H3,(H2,27,37)(H,28,31)/t10?,12?,19-,26-/m0/s1. The predicted octanol–water partition coefficient (Wildman–Crippen LogP) is 0.277. The molecular weight excluding hydrogens is 527 g/mol. The molecule has 2 amide bonds. The highest BCUT2D eigenvalue weighted by atomic mass is 31.1. The smallest absolute Gasteiger partial charge is 0.255 e. The monoisotopic (exact) mass is 560 g/mol. The summed E-state index contributed by atoms with van der Waals surface area (Å²) in [5, 5.41) is 47.9. The number of carbonyl (C=O) groups excluding carboxylic acids is 4. The lowest BCUT2D eigenvalue weighted by atomic mass is 9.57. The summed E-state index contributed by atoms with van der Waals surface area (Å²) in [6.07, 6.45) is 0.380. The fraction of sp³-hybridized carbons (Fsp3) is 0.462. The third-order valence-electron chi connectivity index (χ3n) is 7.79. The van der Waals surface area contributed by atoms with Crippen LogP contribution in [-0.4, -0.2) is 101 Å². The van der Waals surface area contributed by atoms with E-state index >= 15 is 0 Å². The van der Waals surface area contributed by atoms with Crippen LogP contribution in [0.1, 0.15) is 17.5 Å². The van der Waals surface area contributed by atoms with Crippen LogP contribution in [0.3, 0.4) is 0 Å². The van der Waals surface area contributed by atoms with Crippen LogP contribution in [0, 0.1) is 11.8 Å². The van der Waals surface area contributed by atoms with Crippen molar-refractivity contribution in [2.24, 2.45) is 17.6 Å². The molecule has 0 radical (unpaired) electrons. The minimum Gasteiger partial charge on any atom is -0.508 e. The maximum Gasteiger partial charge on any atom is 0.255 e. The Labute approximate surface area is 226 Å². The van der Waals surface area contributed by atoms with Gasteiger partial charge in [0.05, 0.1) is 17.3 Å². The first-order valence-electron chi connectivity index (χ1n) is 12.3. The van der Waals surface area contributed by atoms with E-state index in [0.29, 0.717) is 19.8 Å². The number of amides is 2. The Kier molecular flexibility index (Phi) is 7.26. The van der Waals surface area contributed by atoms with Gasteiger partial charge in [-0.05, 0) is 51.1 Å². The van der Waals surface area contributed by atoms with E-state index in [1.54, 1.807) is 39.2 Å². The van der Waals surface area contributed by atoms with E-state index in [4.69, 9.17) is 5.73 Å². The Morgan fingerprint density at radius 1 is 1.18 bits per heavy atom. The van der Waals surface area contributed by atoms with Gasteiger partial charge < -0.3 is 36.4 Å². The number of hydrogen-bond donors (Lipinski definition) is 6. The highest BCUT2D eigenvalue weighted by Crippen LogP contribution is 2.54. The molecule has 5 atom stereocenters. The molecule has 1 aromatic carbocycles. The summed E-state index contributed by atoms with van der Waals surface area (Å²) in [6, 6.07) is 0.436. The van der Waals surface area contributed by atoms with E-state index in [1.165, 1.54) is 4.90 Å². The molecule has 1 saturated carbocycles. The summed E-state index contributed by atoms with van der Waals surface area (Å²) in [7, 11) is 6.94. The van der Waals surface area contributed by atoms with Crippen molar-refractivity contribution < 1.29 is 39.6 Å². The third-order valence-corrected chi connectivity index (χ3v) is 8.47. The van der Waals surface area contributed by atoms with Crippen molar-refractivity contribution in [2.75, 3.05) is 51.2 Å². The van der Waals surface area contributed by atoms with Gasteiger partial charge in [0.25, 0.3) is 5.91 Å². The number of fused-ring (bicyclic) bond motifs is 3. The fourth-order valence-corrected chi connectivity index (χ4v) is 6.55. The summed E-state index contributed by atoms with van der Waals surface area (Å²) in [6.45, 7) is 1.85. The number of anilines is 2. The van der Waals surface area contributed by atoms with Gasteiger partial charge in [-0.3, -0.25) is 24.1 Å². The number of carbonyl (C=O) groups is 4. The molecule has 3 aliphatic rings. The molecule has 0 aromatic heterocycles. The molecule has 4 rings (SSSR count). The van der Waals surface area contributed by atoms with E-state index < -0.39 is 63.8 Å². The summed E-state index contributed by atoms with van der Waals surface area (Å²) >= 11 is 0. The third kappa shape index (κ3) is 4.18. The van der Waals surface area contributed by atoms with Crippen molar-refractivity contribution in [1.82, 2.24) is 4.90 Å². The summed E-state index contributed by atoms with van der Waals surface area (Å²) < 4.78 is 0. The summed E-state index contributed by atoms with van der Waals surface area (Å²) in [5.41, 5.74) is 2.59. The number of aliphatic hydroxyl groups is 3. The largest absolute Gasteiger partial charge is 0.508 e. The molecule has 210 valence electrons. The van der Waals surface area contributed by atoms with Gasteiger partial charge in [0, 0.05) is 37.4 Å². The molecule has 7 N–H and O–H groups in total. The molecule has 12 nitrogen and oxygen atoms in total. The van der Waals surface area contributed by atoms with E-state index in [0.717, 1.165) is 0 Å². The number of phenols is 1. The van der Waals surface area contributed by atoms with Gasteiger partial charge in [0.2, 0.25) is 11.7 Å². The van der Waals surface area contributed by atoms with Crippen LogP contribution in [0.15, 0.2) is 23.0 Å². The minimum absolute atomic E-state index is 0.00466. The predicted molar refractivity (Wildman–Crippen MR) is 146 cm³/mol. The minimum atomic E-state index is -2.71. The number of aromatic hydroxyl groups is 1. The molecule has 3 unspecified atom stereocenters. The van der Waals surface area contributed by atoms with Crippen LogP contribution >= 0.6 is 8.58 Å². The van der Waals surface area contributed by atoms with Gasteiger partial charge in [-0.2, -0.15) is 0 Å². The Morgan fingerprint density at radius 3 is 2.36 bits per heavy atom. The van der Waals surface area contributed by atoms with Gasteiger partial charge in [-0.25, -0.2) is 0 Å². The Hall–Kier alpha value is -3.47. The van der Waals surface area contributed by atoms with Crippen LogP contribution in [-0.2, 0) is 25.6 Å². The van der Waals surface area contributed by atoms with Gasteiger partial charge >= 0.3 is 0 Å². The number of benzene rings is 1. The van der Waals surface area contributed by atoms with Crippen LogP contribution in [0.5, 0.6) is 5.75 Å². The van der Waals surface area contributed by atoms with Gasteiger partial charge in [0.15, 0.2) is 11.4 Å².